The normalized spacial score (nSPS) is 19.0. The van der Waals surface area contributed by atoms with Crippen LogP contribution in [0, 0.1) is 6.92 Å². The Labute approximate surface area is 110 Å². The monoisotopic (exact) mass is 264 g/mol. The lowest BCUT2D eigenvalue weighted by molar-refractivity contribution is -0.127. The highest BCUT2D eigenvalue weighted by Crippen LogP contribution is 2.11. The first kappa shape index (κ1) is 13.2. The first-order chi connectivity index (χ1) is 9.02. The fourth-order valence-electron chi connectivity index (χ4n) is 1.95. The Bertz CT molecular complexity index is 518. The maximum absolute atomic E-state index is 12.4. The molecule has 8 nitrogen and oxygen atoms in total. The molecule has 0 saturated carbocycles. The van der Waals surface area contributed by atoms with Crippen molar-refractivity contribution in [3.05, 3.63) is 17.5 Å². The Morgan fingerprint density at radius 1 is 1.58 bits per heavy atom. The van der Waals surface area contributed by atoms with Crippen molar-refractivity contribution in [1.82, 2.24) is 20.2 Å². The van der Waals surface area contributed by atoms with Crippen LogP contribution in [-0.2, 0) is 4.79 Å². The van der Waals surface area contributed by atoms with Crippen molar-refractivity contribution in [2.24, 2.45) is 5.84 Å². The number of hydrogen-bond donors (Lipinski definition) is 3. The quantitative estimate of drug-likeness (QED) is 0.468. The van der Waals surface area contributed by atoms with Gasteiger partial charge in [-0.05, 0) is 19.9 Å². The third kappa shape index (κ3) is 2.63. The average molecular weight is 264 g/mol. The molecule has 2 amide bonds. The van der Waals surface area contributed by atoms with Crippen LogP contribution < -0.4 is 16.6 Å². The van der Waals surface area contributed by atoms with Crippen molar-refractivity contribution >= 4 is 17.8 Å². The van der Waals surface area contributed by atoms with Gasteiger partial charge in [-0.1, -0.05) is 0 Å². The summed E-state index contributed by atoms with van der Waals surface area (Å²) < 4.78 is 0. The van der Waals surface area contributed by atoms with E-state index in [0.29, 0.717) is 18.8 Å². The number of nitrogen functional groups attached to an aromatic ring is 1. The average Bonchev–Trinajstić information content (AvgIpc) is 2.40. The molecule has 1 aromatic heterocycles. The van der Waals surface area contributed by atoms with Gasteiger partial charge in [-0.25, -0.2) is 15.8 Å². The fraction of sp³-hybridized carbons (Fsp3) is 0.455. The molecule has 1 saturated heterocycles. The second kappa shape index (κ2) is 5.19. The maximum Gasteiger partial charge on any atom is 0.273 e. The lowest BCUT2D eigenvalue weighted by Gasteiger charge is -2.32. The van der Waals surface area contributed by atoms with Gasteiger partial charge in [0.25, 0.3) is 5.91 Å². The lowest BCUT2D eigenvalue weighted by atomic mass is 10.2. The Kier molecular flexibility index (Phi) is 3.61. The molecule has 0 aromatic carbocycles. The lowest BCUT2D eigenvalue weighted by Crippen LogP contribution is -2.56. The van der Waals surface area contributed by atoms with Crippen LogP contribution in [0.4, 0.5) is 5.95 Å². The summed E-state index contributed by atoms with van der Waals surface area (Å²) in [6, 6.07) is 1.06. The Morgan fingerprint density at radius 2 is 2.32 bits per heavy atom. The van der Waals surface area contributed by atoms with Crippen LogP contribution in [-0.4, -0.2) is 45.8 Å². The van der Waals surface area contributed by atoms with Crippen molar-refractivity contribution < 1.29 is 9.59 Å². The minimum Gasteiger partial charge on any atom is -0.353 e. The number of amides is 2. The van der Waals surface area contributed by atoms with E-state index < -0.39 is 6.04 Å². The number of rotatable bonds is 2. The zero-order valence-electron chi connectivity index (χ0n) is 10.8. The van der Waals surface area contributed by atoms with Crippen LogP contribution in [0.1, 0.15) is 23.1 Å². The highest BCUT2D eigenvalue weighted by molar-refractivity contribution is 5.97. The first-order valence-corrected chi connectivity index (χ1v) is 5.94. The summed E-state index contributed by atoms with van der Waals surface area (Å²) in [5.41, 5.74) is 3.16. The van der Waals surface area contributed by atoms with Gasteiger partial charge in [0.2, 0.25) is 11.9 Å². The molecule has 0 spiro atoms. The third-order valence-electron chi connectivity index (χ3n) is 2.96. The van der Waals surface area contributed by atoms with E-state index in [2.05, 4.69) is 20.7 Å². The number of nitrogens with one attached hydrogen (secondary N) is 2. The SMILES string of the molecule is Cc1cc(C(=O)N2CCNC(=O)C2C)nc(NN)n1. The molecule has 1 unspecified atom stereocenters. The molecule has 1 aliphatic heterocycles. The van der Waals surface area contributed by atoms with Crippen molar-refractivity contribution in [2.45, 2.75) is 19.9 Å². The van der Waals surface area contributed by atoms with Crippen LogP contribution in [0.2, 0.25) is 0 Å². The molecule has 8 heteroatoms. The van der Waals surface area contributed by atoms with Crippen LogP contribution in [0.3, 0.4) is 0 Å². The molecule has 0 radical (unpaired) electrons. The maximum atomic E-state index is 12.4. The largest absolute Gasteiger partial charge is 0.353 e. The molecule has 1 atom stereocenters. The molecule has 2 heterocycles. The molecular formula is C11H16N6O2. The Morgan fingerprint density at radius 3 is 3.00 bits per heavy atom. The number of anilines is 1. The van der Waals surface area contributed by atoms with Gasteiger partial charge < -0.3 is 10.2 Å². The van der Waals surface area contributed by atoms with Gasteiger partial charge in [-0.15, -0.1) is 0 Å². The van der Waals surface area contributed by atoms with Crippen molar-refractivity contribution in [2.75, 3.05) is 18.5 Å². The predicted octanol–water partition coefficient (Wildman–Crippen LogP) is -0.969. The minimum atomic E-state index is -0.509. The molecule has 1 fully saturated rings. The van der Waals surface area contributed by atoms with Gasteiger partial charge in [-0.3, -0.25) is 15.0 Å². The summed E-state index contributed by atoms with van der Waals surface area (Å²) in [7, 11) is 0. The highest BCUT2D eigenvalue weighted by atomic mass is 16.2. The van der Waals surface area contributed by atoms with E-state index in [9.17, 15) is 9.59 Å². The summed E-state index contributed by atoms with van der Waals surface area (Å²) in [6.07, 6.45) is 0. The van der Waals surface area contributed by atoms with E-state index in [1.807, 2.05) is 0 Å². The van der Waals surface area contributed by atoms with Crippen molar-refractivity contribution in [3.8, 4) is 0 Å². The van der Waals surface area contributed by atoms with Crippen LogP contribution in [0.25, 0.3) is 0 Å². The van der Waals surface area contributed by atoms with E-state index in [1.165, 1.54) is 4.90 Å². The van der Waals surface area contributed by atoms with Gasteiger partial charge in [0.15, 0.2) is 0 Å². The van der Waals surface area contributed by atoms with Gasteiger partial charge in [0.1, 0.15) is 11.7 Å². The smallest absolute Gasteiger partial charge is 0.273 e. The standard InChI is InChI=1S/C11H16N6O2/c1-6-5-8(15-11(14-6)16-12)10(19)17-4-3-13-9(18)7(17)2/h5,7H,3-4,12H2,1-2H3,(H,13,18)(H,14,15,16). The number of piperazine rings is 1. The van der Waals surface area contributed by atoms with Crippen molar-refractivity contribution in [3.63, 3.8) is 0 Å². The van der Waals surface area contributed by atoms with Gasteiger partial charge in [-0.2, -0.15) is 0 Å². The van der Waals surface area contributed by atoms with Gasteiger partial charge in [0.05, 0.1) is 0 Å². The molecular weight excluding hydrogens is 248 g/mol. The van der Waals surface area contributed by atoms with E-state index in [-0.39, 0.29) is 23.5 Å². The van der Waals surface area contributed by atoms with E-state index in [1.54, 1.807) is 19.9 Å². The summed E-state index contributed by atoms with van der Waals surface area (Å²) in [6.45, 7) is 4.33. The number of hydrogen-bond acceptors (Lipinski definition) is 6. The fourth-order valence-corrected chi connectivity index (χ4v) is 1.95. The van der Waals surface area contributed by atoms with E-state index in [0.717, 1.165) is 0 Å². The number of hydrazine groups is 1. The van der Waals surface area contributed by atoms with Crippen LogP contribution in [0.5, 0.6) is 0 Å². The summed E-state index contributed by atoms with van der Waals surface area (Å²) in [4.78, 5) is 33.4. The minimum absolute atomic E-state index is 0.164. The Balaban J connectivity index is 2.28. The summed E-state index contributed by atoms with van der Waals surface area (Å²) >= 11 is 0. The van der Waals surface area contributed by atoms with Crippen molar-refractivity contribution in [1.29, 1.82) is 0 Å². The number of carbonyl (C=O) groups excluding carboxylic acids is 2. The molecule has 102 valence electrons. The molecule has 1 aromatic rings. The number of nitrogens with two attached hydrogens (primary N) is 1. The highest BCUT2D eigenvalue weighted by Gasteiger charge is 2.30. The molecule has 1 aliphatic rings. The summed E-state index contributed by atoms with van der Waals surface area (Å²) in [5.74, 6) is 4.96. The van der Waals surface area contributed by atoms with Crippen LogP contribution >= 0.6 is 0 Å². The molecule has 0 aliphatic carbocycles. The summed E-state index contributed by atoms with van der Waals surface area (Å²) in [5, 5.41) is 2.70. The molecule has 2 rings (SSSR count). The van der Waals surface area contributed by atoms with E-state index in [4.69, 9.17) is 5.84 Å². The van der Waals surface area contributed by atoms with Gasteiger partial charge >= 0.3 is 0 Å². The molecule has 19 heavy (non-hydrogen) atoms. The first-order valence-electron chi connectivity index (χ1n) is 5.94. The molecule has 0 bridgehead atoms. The topological polar surface area (TPSA) is 113 Å². The number of aryl methyl sites for hydroxylation is 1. The zero-order chi connectivity index (χ0) is 14.0. The second-order valence-corrected chi connectivity index (χ2v) is 4.33. The van der Waals surface area contributed by atoms with E-state index >= 15 is 0 Å². The second-order valence-electron chi connectivity index (χ2n) is 4.33. The number of aromatic nitrogens is 2. The predicted molar refractivity (Wildman–Crippen MR) is 68.1 cm³/mol. The van der Waals surface area contributed by atoms with Crippen LogP contribution in [0.15, 0.2) is 6.07 Å². The Hall–Kier alpha value is -2.22. The molecule has 4 N–H and O–H groups in total. The zero-order valence-corrected chi connectivity index (χ0v) is 10.8. The van der Waals surface area contributed by atoms with Gasteiger partial charge in [0, 0.05) is 18.8 Å². The third-order valence-corrected chi connectivity index (χ3v) is 2.96. The number of carbonyl (C=O) groups is 2. The number of nitrogens with zero attached hydrogens (tertiary/aromatic N) is 3.